The van der Waals surface area contributed by atoms with E-state index in [1.165, 1.54) is 14.2 Å². The number of unbranched alkanes of at least 4 members (excludes halogenated alkanes) is 2. The van der Waals surface area contributed by atoms with Crippen molar-refractivity contribution < 1.29 is 19.1 Å². The fraction of sp³-hybridized carbons (Fsp3) is 0.556. The summed E-state index contributed by atoms with van der Waals surface area (Å²) in [7, 11) is 3.05. The van der Waals surface area contributed by atoms with E-state index in [0.717, 1.165) is 25.7 Å². The first-order chi connectivity index (χ1) is 11.6. The second kappa shape index (κ2) is 10.5. The van der Waals surface area contributed by atoms with E-state index in [0.29, 0.717) is 30.3 Å². The summed E-state index contributed by atoms with van der Waals surface area (Å²) in [5, 5.41) is 2.63. The van der Waals surface area contributed by atoms with E-state index in [1.807, 2.05) is 0 Å². The Balaban J connectivity index is 2.85. The summed E-state index contributed by atoms with van der Waals surface area (Å²) >= 11 is 0. The molecule has 1 aromatic rings. The molecule has 0 aromatic heterocycles. The third-order valence-electron chi connectivity index (χ3n) is 3.70. The summed E-state index contributed by atoms with van der Waals surface area (Å²) < 4.78 is 10.4. The third-order valence-corrected chi connectivity index (χ3v) is 3.70. The van der Waals surface area contributed by atoms with Crippen LogP contribution in [0.15, 0.2) is 18.2 Å². The van der Waals surface area contributed by atoms with Gasteiger partial charge >= 0.3 is 11.8 Å². The van der Waals surface area contributed by atoms with Crippen molar-refractivity contribution in [2.75, 3.05) is 32.6 Å². The quantitative estimate of drug-likeness (QED) is 0.704. The monoisotopic (exact) mass is 336 g/mol. The summed E-state index contributed by atoms with van der Waals surface area (Å²) in [6, 6.07) is 5.04. The maximum Gasteiger partial charge on any atom is 0.314 e. The van der Waals surface area contributed by atoms with Crippen LogP contribution in [-0.4, -0.2) is 44.0 Å². The first kappa shape index (κ1) is 19.8. The lowest BCUT2D eigenvalue weighted by molar-refractivity contribution is -0.143. The number of anilines is 1. The molecule has 0 aliphatic heterocycles. The molecule has 0 bridgehead atoms. The van der Waals surface area contributed by atoms with Gasteiger partial charge in [-0.1, -0.05) is 26.7 Å². The van der Waals surface area contributed by atoms with Crippen molar-refractivity contribution in [1.82, 2.24) is 4.90 Å². The summed E-state index contributed by atoms with van der Waals surface area (Å²) in [4.78, 5) is 26.4. The number of hydrogen-bond donors (Lipinski definition) is 1. The van der Waals surface area contributed by atoms with E-state index < -0.39 is 11.8 Å². The summed E-state index contributed by atoms with van der Waals surface area (Å²) in [5.41, 5.74) is 0.418. The van der Waals surface area contributed by atoms with E-state index in [-0.39, 0.29) is 0 Å². The van der Waals surface area contributed by atoms with Crippen LogP contribution in [0.4, 0.5) is 5.69 Å². The van der Waals surface area contributed by atoms with Gasteiger partial charge in [0.2, 0.25) is 0 Å². The number of hydrogen-bond acceptors (Lipinski definition) is 4. The molecule has 134 valence electrons. The standard InChI is InChI=1S/C18H28N2O4/c1-5-7-11-20(12-8-6-2)18(22)17(21)19-15-13-14(23-3)9-10-16(15)24-4/h9-10,13H,5-8,11-12H2,1-4H3,(H,19,21). The van der Waals surface area contributed by atoms with Crippen LogP contribution < -0.4 is 14.8 Å². The zero-order chi connectivity index (χ0) is 17.9. The molecule has 0 aliphatic carbocycles. The minimum absolute atomic E-state index is 0.418. The van der Waals surface area contributed by atoms with Gasteiger partial charge in [-0.2, -0.15) is 0 Å². The van der Waals surface area contributed by atoms with E-state index >= 15 is 0 Å². The first-order valence-electron chi connectivity index (χ1n) is 8.39. The molecular weight excluding hydrogens is 308 g/mol. The van der Waals surface area contributed by atoms with Crippen molar-refractivity contribution in [3.05, 3.63) is 18.2 Å². The van der Waals surface area contributed by atoms with Crippen molar-refractivity contribution >= 4 is 17.5 Å². The molecule has 6 nitrogen and oxygen atoms in total. The molecule has 0 fully saturated rings. The zero-order valence-electron chi connectivity index (χ0n) is 15.1. The second-order valence-corrected chi connectivity index (χ2v) is 5.52. The van der Waals surface area contributed by atoms with Gasteiger partial charge < -0.3 is 19.7 Å². The normalized spacial score (nSPS) is 10.2. The van der Waals surface area contributed by atoms with Crippen molar-refractivity contribution in [3.8, 4) is 11.5 Å². The fourth-order valence-electron chi connectivity index (χ4n) is 2.24. The maximum atomic E-state index is 12.5. The Kier molecular flexibility index (Phi) is 8.68. The molecule has 0 radical (unpaired) electrons. The molecule has 0 heterocycles. The molecule has 0 unspecified atom stereocenters. The molecule has 0 aliphatic rings. The van der Waals surface area contributed by atoms with E-state index in [2.05, 4.69) is 19.2 Å². The van der Waals surface area contributed by atoms with Crippen LogP contribution in [0, 0.1) is 0 Å². The average molecular weight is 336 g/mol. The molecule has 0 spiro atoms. The van der Waals surface area contributed by atoms with Crippen LogP contribution in [-0.2, 0) is 9.59 Å². The molecule has 1 aromatic carbocycles. The average Bonchev–Trinajstić information content (AvgIpc) is 2.61. The lowest BCUT2D eigenvalue weighted by Gasteiger charge is -2.22. The Morgan fingerprint density at radius 2 is 1.67 bits per heavy atom. The number of methoxy groups -OCH3 is 2. The lowest BCUT2D eigenvalue weighted by atomic mass is 10.2. The number of nitrogens with one attached hydrogen (secondary N) is 1. The van der Waals surface area contributed by atoms with Gasteiger partial charge in [-0.15, -0.1) is 0 Å². The van der Waals surface area contributed by atoms with Crippen LogP contribution in [0.2, 0.25) is 0 Å². The number of carbonyl (C=O) groups is 2. The molecule has 0 saturated carbocycles. The second-order valence-electron chi connectivity index (χ2n) is 5.52. The third kappa shape index (κ3) is 5.76. The van der Waals surface area contributed by atoms with E-state index in [1.54, 1.807) is 23.1 Å². The zero-order valence-corrected chi connectivity index (χ0v) is 15.1. The minimum atomic E-state index is -0.659. The highest BCUT2D eigenvalue weighted by molar-refractivity contribution is 6.39. The molecule has 0 atom stereocenters. The Morgan fingerprint density at radius 1 is 1.04 bits per heavy atom. The van der Waals surface area contributed by atoms with Gasteiger partial charge in [-0.05, 0) is 25.0 Å². The summed E-state index contributed by atoms with van der Waals surface area (Å²) in [6.07, 6.45) is 3.71. The number of nitrogens with zero attached hydrogens (tertiary/aromatic N) is 1. The number of carbonyl (C=O) groups excluding carboxylic acids is 2. The van der Waals surface area contributed by atoms with Crippen molar-refractivity contribution in [1.29, 1.82) is 0 Å². The lowest BCUT2D eigenvalue weighted by Crippen LogP contribution is -2.40. The van der Waals surface area contributed by atoms with Gasteiger partial charge in [0.1, 0.15) is 11.5 Å². The molecule has 0 saturated heterocycles. The van der Waals surface area contributed by atoms with Gasteiger partial charge in [-0.3, -0.25) is 9.59 Å². The van der Waals surface area contributed by atoms with Crippen molar-refractivity contribution in [2.45, 2.75) is 39.5 Å². The molecular formula is C18H28N2O4. The predicted molar refractivity (Wildman–Crippen MR) is 94.6 cm³/mol. The van der Waals surface area contributed by atoms with Gasteiger partial charge in [0.05, 0.1) is 19.9 Å². The Hall–Kier alpha value is -2.24. The first-order valence-corrected chi connectivity index (χ1v) is 8.39. The number of benzene rings is 1. The molecule has 24 heavy (non-hydrogen) atoms. The smallest absolute Gasteiger partial charge is 0.314 e. The number of ether oxygens (including phenoxy) is 2. The van der Waals surface area contributed by atoms with Gasteiger partial charge in [0.15, 0.2) is 0 Å². The van der Waals surface area contributed by atoms with Gasteiger partial charge in [-0.25, -0.2) is 0 Å². The molecule has 1 N–H and O–H groups in total. The Labute approximate surface area is 144 Å². The van der Waals surface area contributed by atoms with Crippen molar-refractivity contribution in [3.63, 3.8) is 0 Å². The van der Waals surface area contributed by atoms with Crippen molar-refractivity contribution in [2.24, 2.45) is 0 Å². The Bertz CT molecular complexity index is 538. The van der Waals surface area contributed by atoms with E-state index in [4.69, 9.17) is 9.47 Å². The van der Waals surface area contributed by atoms with Crippen LogP contribution in [0.5, 0.6) is 11.5 Å². The van der Waals surface area contributed by atoms with Crippen LogP contribution in [0.1, 0.15) is 39.5 Å². The highest BCUT2D eigenvalue weighted by Gasteiger charge is 2.22. The van der Waals surface area contributed by atoms with Crippen LogP contribution in [0.3, 0.4) is 0 Å². The highest BCUT2D eigenvalue weighted by atomic mass is 16.5. The highest BCUT2D eigenvalue weighted by Crippen LogP contribution is 2.28. The largest absolute Gasteiger partial charge is 0.497 e. The van der Waals surface area contributed by atoms with Crippen LogP contribution >= 0.6 is 0 Å². The number of amides is 2. The van der Waals surface area contributed by atoms with Crippen LogP contribution in [0.25, 0.3) is 0 Å². The molecule has 2 amide bonds. The van der Waals surface area contributed by atoms with E-state index in [9.17, 15) is 9.59 Å². The predicted octanol–water partition coefficient (Wildman–Crippen LogP) is 3.07. The topological polar surface area (TPSA) is 67.9 Å². The van der Waals surface area contributed by atoms with Gasteiger partial charge in [0.25, 0.3) is 0 Å². The minimum Gasteiger partial charge on any atom is -0.497 e. The summed E-state index contributed by atoms with van der Waals surface area (Å²) in [6.45, 7) is 5.31. The molecule has 1 rings (SSSR count). The summed E-state index contributed by atoms with van der Waals surface area (Å²) in [5.74, 6) is -0.117. The maximum absolute atomic E-state index is 12.5. The fourth-order valence-corrected chi connectivity index (χ4v) is 2.24. The number of rotatable bonds is 9. The Morgan fingerprint density at radius 3 is 2.17 bits per heavy atom. The van der Waals surface area contributed by atoms with Gasteiger partial charge in [0, 0.05) is 19.2 Å². The SMILES string of the molecule is CCCCN(CCCC)C(=O)C(=O)Nc1cc(OC)ccc1OC. The molecule has 6 heteroatoms.